The van der Waals surface area contributed by atoms with Gasteiger partial charge in [0.05, 0.1) is 19.8 Å². The highest BCUT2D eigenvalue weighted by Gasteiger charge is 2.48. The van der Waals surface area contributed by atoms with Gasteiger partial charge in [0, 0.05) is 13.0 Å². The predicted molar refractivity (Wildman–Crippen MR) is 294 cm³/mol. The highest BCUT2D eigenvalue weighted by molar-refractivity contribution is 7.80. The van der Waals surface area contributed by atoms with Crippen LogP contribution in [0, 0.1) is 0 Å². The van der Waals surface area contributed by atoms with Crippen molar-refractivity contribution in [3.8, 4) is 0 Å². The Kier molecular flexibility index (Phi) is 46.0. The fourth-order valence-corrected chi connectivity index (χ4v) is 8.77. The third-order valence-electron chi connectivity index (χ3n) is 12.5. The summed E-state index contributed by atoms with van der Waals surface area (Å²) >= 11 is 0. The Bertz CT molecular complexity index is 1570. The van der Waals surface area contributed by atoms with Gasteiger partial charge in [-0.1, -0.05) is 208 Å². The molecule has 0 saturated carbocycles. The number of carbonyl (C=O) groups excluding carboxylic acids is 1. The maximum absolute atomic E-state index is 13.0. The topological polar surface area (TPSA) is 178 Å². The number of aliphatic hydroxyl groups excluding tert-OH is 3. The summed E-state index contributed by atoms with van der Waals surface area (Å²) in [5.41, 5.74) is 0. The van der Waals surface area contributed by atoms with Gasteiger partial charge in [-0.05, 0) is 89.9 Å². The number of unbranched alkanes of at least 4 members (excludes halogenated alkanes) is 22. The summed E-state index contributed by atoms with van der Waals surface area (Å²) in [5.74, 6) is -0.413. The van der Waals surface area contributed by atoms with Gasteiger partial charge in [0.15, 0.2) is 6.29 Å². The molecule has 13 heteroatoms. The van der Waals surface area contributed by atoms with Crippen molar-refractivity contribution in [2.75, 3.05) is 26.4 Å². The van der Waals surface area contributed by atoms with Gasteiger partial charge in [-0.25, -0.2) is 4.18 Å². The van der Waals surface area contributed by atoms with E-state index >= 15 is 0 Å². The minimum atomic E-state index is -5.07. The van der Waals surface area contributed by atoms with Crippen LogP contribution in [-0.4, -0.2) is 97.5 Å². The molecule has 0 radical (unpaired) electrons. The lowest BCUT2D eigenvalue weighted by Crippen LogP contribution is -2.60. The molecule has 1 rings (SSSR count). The van der Waals surface area contributed by atoms with Crippen LogP contribution in [0.15, 0.2) is 85.1 Å². The van der Waals surface area contributed by atoms with E-state index < -0.39 is 59.8 Å². The lowest BCUT2D eigenvalue weighted by molar-refractivity contribution is -0.301. The van der Waals surface area contributed by atoms with Crippen molar-refractivity contribution in [1.29, 1.82) is 0 Å². The Labute approximate surface area is 438 Å². The van der Waals surface area contributed by atoms with Gasteiger partial charge in [0.2, 0.25) is 0 Å². The van der Waals surface area contributed by atoms with Crippen LogP contribution in [-0.2, 0) is 38.3 Å². The number of hydrogen-bond acceptors (Lipinski definition) is 11. The lowest BCUT2D eigenvalue weighted by Gasteiger charge is -2.41. The predicted octanol–water partition coefficient (Wildman–Crippen LogP) is 14.0. The van der Waals surface area contributed by atoms with Crippen molar-refractivity contribution < 1.29 is 56.2 Å². The summed E-state index contributed by atoms with van der Waals surface area (Å²) in [5, 5.41) is 30.8. The number of esters is 1. The van der Waals surface area contributed by atoms with Crippen molar-refractivity contribution in [3.63, 3.8) is 0 Å². The normalized spacial score (nSPS) is 19.6. The molecule has 1 aliphatic rings. The average Bonchev–Trinajstić information content (AvgIpc) is 3.36. The maximum atomic E-state index is 13.0. The SMILES string of the molecule is CC/C=C\C/C=C\C/C=C\C/C=C\C/C=C\CCCCCCCCCC(=O)OC(COCCCCCCCCCCCC/C=C\C/C=C\CCCCCCC)COC1OC(CO)C(O)C(OS(=O)(=O)O)C1O. The molecular weight excluding hydrogens is 933 g/mol. The van der Waals surface area contributed by atoms with E-state index in [-0.39, 0.29) is 19.6 Å². The standard InChI is InChI=1S/C59H102O12S/c1-3-5-7-9-11-13-15-17-19-21-23-25-27-28-30-32-34-36-38-40-42-44-46-48-55(61)69-53(52-68-59-57(63)58(71-72(64,65)66)56(62)54(50-60)70-59)51-67-49-47-45-43-41-39-37-35-33-31-29-26-24-22-20-18-16-14-12-10-8-6-4-2/h5,7,11,13,16-19,22-25,28,30,53-54,56-60,62-63H,3-4,6,8-10,12,14-15,20-21,26-27,29,31-52H2,1-2H3,(H,64,65,66)/b7-5-,13-11-,18-16-,19-17-,24-22-,25-23-,30-28-. The molecule has 6 atom stereocenters. The van der Waals surface area contributed by atoms with Crippen LogP contribution < -0.4 is 0 Å². The first kappa shape index (κ1) is 67.3. The second-order valence-corrected chi connectivity index (χ2v) is 20.2. The summed E-state index contributed by atoms with van der Waals surface area (Å²) in [6.07, 6.45) is 57.5. The van der Waals surface area contributed by atoms with Crippen LogP contribution in [0.4, 0.5) is 0 Å². The van der Waals surface area contributed by atoms with Crippen LogP contribution in [0.1, 0.15) is 219 Å². The fraction of sp³-hybridized carbons (Fsp3) is 0.746. The third-order valence-corrected chi connectivity index (χ3v) is 13.0. The number of aliphatic hydroxyl groups is 3. The molecule has 0 aliphatic carbocycles. The molecule has 0 bridgehead atoms. The number of carbonyl (C=O) groups is 1. The van der Waals surface area contributed by atoms with Crippen LogP contribution >= 0.6 is 0 Å². The van der Waals surface area contributed by atoms with Crippen molar-refractivity contribution >= 4 is 16.4 Å². The first-order valence-electron chi connectivity index (χ1n) is 28.3. The van der Waals surface area contributed by atoms with E-state index in [0.29, 0.717) is 13.0 Å². The summed E-state index contributed by atoms with van der Waals surface area (Å²) in [7, 11) is -5.07. The smallest absolute Gasteiger partial charge is 0.397 e. The molecule has 1 fully saturated rings. The van der Waals surface area contributed by atoms with E-state index in [4.69, 9.17) is 18.9 Å². The highest BCUT2D eigenvalue weighted by Crippen LogP contribution is 2.26. The first-order chi connectivity index (χ1) is 35.1. The van der Waals surface area contributed by atoms with Crippen molar-refractivity contribution in [2.24, 2.45) is 0 Å². The molecule has 0 aromatic heterocycles. The maximum Gasteiger partial charge on any atom is 0.397 e. The quantitative estimate of drug-likeness (QED) is 0.0196. The molecule has 12 nitrogen and oxygen atoms in total. The van der Waals surface area contributed by atoms with Crippen molar-refractivity contribution in [1.82, 2.24) is 0 Å². The Morgan fingerprint density at radius 2 is 0.958 bits per heavy atom. The van der Waals surface area contributed by atoms with Gasteiger partial charge in [0.1, 0.15) is 30.5 Å². The molecule has 6 unspecified atom stereocenters. The molecule has 72 heavy (non-hydrogen) atoms. The first-order valence-corrected chi connectivity index (χ1v) is 29.7. The second-order valence-electron chi connectivity index (χ2n) is 19.1. The van der Waals surface area contributed by atoms with Crippen LogP contribution in [0.3, 0.4) is 0 Å². The van der Waals surface area contributed by atoms with E-state index in [1.807, 2.05) is 0 Å². The molecule has 0 aromatic carbocycles. The zero-order valence-corrected chi connectivity index (χ0v) is 45.8. The van der Waals surface area contributed by atoms with Crippen LogP contribution in [0.5, 0.6) is 0 Å². The monoisotopic (exact) mass is 1030 g/mol. The van der Waals surface area contributed by atoms with E-state index in [1.54, 1.807) is 0 Å². The molecule has 1 aliphatic heterocycles. The Hall–Kier alpha value is -2.72. The van der Waals surface area contributed by atoms with E-state index in [9.17, 15) is 33.1 Å². The van der Waals surface area contributed by atoms with Crippen LogP contribution in [0.25, 0.3) is 0 Å². The van der Waals surface area contributed by atoms with Gasteiger partial charge >= 0.3 is 16.4 Å². The molecular formula is C59H102O12S. The van der Waals surface area contributed by atoms with Crippen LogP contribution in [0.2, 0.25) is 0 Å². The molecule has 4 N–H and O–H groups in total. The number of ether oxygens (including phenoxy) is 4. The Balaban J connectivity index is 2.33. The summed E-state index contributed by atoms with van der Waals surface area (Å²) in [4.78, 5) is 13.0. The number of allylic oxidation sites excluding steroid dienone is 14. The molecule has 0 amide bonds. The third kappa shape index (κ3) is 41.6. The van der Waals surface area contributed by atoms with Gasteiger partial charge in [0.25, 0.3) is 0 Å². The van der Waals surface area contributed by atoms with Crippen molar-refractivity contribution in [2.45, 2.75) is 256 Å². The van der Waals surface area contributed by atoms with Gasteiger partial charge in [-0.15, -0.1) is 0 Å². The Morgan fingerprint density at radius 3 is 1.40 bits per heavy atom. The summed E-state index contributed by atoms with van der Waals surface area (Å²) < 4.78 is 59.4. The molecule has 0 aromatic rings. The number of hydrogen-bond donors (Lipinski definition) is 4. The zero-order valence-electron chi connectivity index (χ0n) is 45.0. The fourth-order valence-electron chi connectivity index (χ4n) is 8.26. The zero-order chi connectivity index (χ0) is 52.4. The van der Waals surface area contributed by atoms with Gasteiger partial charge in [-0.2, -0.15) is 8.42 Å². The summed E-state index contributed by atoms with van der Waals surface area (Å²) in [6, 6.07) is 0. The second kappa shape index (κ2) is 49.2. The lowest BCUT2D eigenvalue weighted by atomic mass is 9.99. The molecule has 1 saturated heterocycles. The molecule has 416 valence electrons. The van der Waals surface area contributed by atoms with E-state index in [2.05, 4.69) is 103 Å². The van der Waals surface area contributed by atoms with Gasteiger partial charge < -0.3 is 34.3 Å². The largest absolute Gasteiger partial charge is 0.457 e. The highest BCUT2D eigenvalue weighted by atomic mass is 32.3. The Morgan fingerprint density at radius 1 is 0.542 bits per heavy atom. The minimum Gasteiger partial charge on any atom is -0.457 e. The minimum absolute atomic E-state index is 0.0251. The van der Waals surface area contributed by atoms with Gasteiger partial charge in [-0.3, -0.25) is 9.35 Å². The molecule has 0 spiro atoms. The average molecular weight is 1040 g/mol. The number of rotatable bonds is 49. The summed E-state index contributed by atoms with van der Waals surface area (Å²) in [6.45, 7) is 3.86. The molecule has 1 heterocycles. The van der Waals surface area contributed by atoms with E-state index in [1.165, 1.54) is 96.3 Å². The van der Waals surface area contributed by atoms with E-state index in [0.717, 1.165) is 96.3 Å². The van der Waals surface area contributed by atoms with Crippen molar-refractivity contribution in [3.05, 3.63) is 85.1 Å².